The van der Waals surface area contributed by atoms with Crippen LogP contribution in [-0.2, 0) is 17.9 Å². The van der Waals surface area contributed by atoms with E-state index in [1.54, 1.807) is 36.4 Å². The molecule has 1 amide bonds. The summed E-state index contributed by atoms with van der Waals surface area (Å²) in [6.07, 6.45) is 4.55. The van der Waals surface area contributed by atoms with E-state index in [0.29, 0.717) is 10.8 Å². The van der Waals surface area contributed by atoms with Gasteiger partial charge in [0.05, 0.1) is 19.4 Å². The van der Waals surface area contributed by atoms with Crippen molar-refractivity contribution >= 4 is 35.2 Å². The zero-order chi connectivity index (χ0) is 19.2. The fraction of sp³-hybridized carbons (Fsp3) is 0.0952. The highest BCUT2D eigenvalue weighted by molar-refractivity contribution is 6.32. The first-order valence-electron chi connectivity index (χ1n) is 8.21. The zero-order valence-corrected chi connectivity index (χ0v) is 15.8. The van der Waals surface area contributed by atoms with Crippen LogP contribution in [0.2, 0.25) is 10.0 Å². The number of benzene rings is 2. The Morgan fingerprint density at radius 3 is 2.48 bits per heavy atom. The molecule has 138 valence electrons. The summed E-state index contributed by atoms with van der Waals surface area (Å²) in [4.78, 5) is 14.2. The van der Waals surface area contributed by atoms with Crippen molar-refractivity contribution in [1.29, 1.82) is 0 Å². The Labute approximate surface area is 166 Å². The van der Waals surface area contributed by atoms with Crippen LogP contribution in [0, 0.1) is 5.82 Å². The molecule has 0 spiro atoms. The summed E-state index contributed by atoms with van der Waals surface area (Å²) in [6.45, 7) is 0.196. The van der Waals surface area contributed by atoms with Crippen LogP contribution in [0.3, 0.4) is 0 Å². The maximum Gasteiger partial charge on any atom is 0.247 e. The molecule has 0 saturated heterocycles. The predicted octanol–water partition coefficient (Wildman–Crippen LogP) is 5.97. The SMILES string of the molecule is O=C(/C=C/c1ccccc1Cl)N(Cc1ccco1)Cc1c(F)cccc1Cl. The fourth-order valence-electron chi connectivity index (χ4n) is 2.55. The minimum Gasteiger partial charge on any atom is -0.467 e. The third-order valence-corrected chi connectivity index (χ3v) is 4.66. The topological polar surface area (TPSA) is 33.5 Å². The van der Waals surface area contributed by atoms with Crippen LogP contribution < -0.4 is 0 Å². The molecule has 0 saturated carbocycles. The molecule has 3 rings (SSSR count). The summed E-state index contributed by atoms with van der Waals surface area (Å²) in [7, 11) is 0. The molecule has 0 atom stereocenters. The van der Waals surface area contributed by atoms with Gasteiger partial charge in [-0.05, 0) is 42.0 Å². The number of carbonyl (C=O) groups is 1. The van der Waals surface area contributed by atoms with Gasteiger partial charge in [-0.1, -0.05) is 47.5 Å². The Morgan fingerprint density at radius 2 is 1.78 bits per heavy atom. The molecule has 0 aliphatic heterocycles. The van der Waals surface area contributed by atoms with Crippen LogP contribution in [0.1, 0.15) is 16.9 Å². The van der Waals surface area contributed by atoms with E-state index in [1.165, 1.54) is 29.4 Å². The molecule has 0 aliphatic rings. The van der Waals surface area contributed by atoms with Gasteiger partial charge in [0.2, 0.25) is 5.91 Å². The van der Waals surface area contributed by atoms with Gasteiger partial charge in [-0.2, -0.15) is 0 Å². The van der Waals surface area contributed by atoms with Crippen molar-refractivity contribution < 1.29 is 13.6 Å². The molecule has 0 aliphatic carbocycles. The lowest BCUT2D eigenvalue weighted by Crippen LogP contribution is -2.29. The average molecular weight is 404 g/mol. The van der Waals surface area contributed by atoms with Gasteiger partial charge in [-0.3, -0.25) is 4.79 Å². The van der Waals surface area contributed by atoms with Gasteiger partial charge in [0, 0.05) is 21.7 Å². The molecular weight excluding hydrogens is 388 g/mol. The van der Waals surface area contributed by atoms with Gasteiger partial charge in [-0.15, -0.1) is 0 Å². The summed E-state index contributed by atoms with van der Waals surface area (Å²) in [5.41, 5.74) is 0.972. The van der Waals surface area contributed by atoms with E-state index in [2.05, 4.69) is 0 Å². The Kier molecular flexibility index (Phi) is 6.32. The highest BCUT2D eigenvalue weighted by Gasteiger charge is 2.17. The molecule has 3 aromatic rings. The number of rotatable bonds is 6. The largest absolute Gasteiger partial charge is 0.467 e. The predicted molar refractivity (Wildman–Crippen MR) is 105 cm³/mol. The van der Waals surface area contributed by atoms with Crippen LogP contribution in [0.4, 0.5) is 4.39 Å². The number of hydrogen-bond donors (Lipinski definition) is 0. The van der Waals surface area contributed by atoms with Gasteiger partial charge in [0.25, 0.3) is 0 Å². The smallest absolute Gasteiger partial charge is 0.247 e. The molecule has 0 unspecified atom stereocenters. The summed E-state index contributed by atoms with van der Waals surface area (Å²) in [6, 6.07) is 15.1. The molecule has 2 aromatic carbocycles. The first-order chi connectivity index (χ1) is 13.0. The third-order valence-electron chi connectivity index (χ3n) is 3.96. The molecule has 0 bridgehead atoms. The first kappa shape index (κ1) is 19.2. The number of halogens is 3. The van der Waals surface area contributed by atoms with Crippen LogP contribution in [0.15, 0.2) is 71.4 Å². The zero-order valence-electron chi connectivity index (χ0n) is 14.2. The van der Waals surface area contributed by atoms with Crippen molar-refractivity contribution in [2.24, 2.45) is 0 Å². The van der Waals surface area contributed by atoms with E-state index < -0.39 is 5.82 Å². The number of amides is 1. The minimum atomic E-state index is -0.463. The maximum atomic E-state index is 14.2. The van der Waals surface area contributed by atoms with Crippen molar-refractivity contribution in [3.8, 4) is 0 Å². The highest BCUT2D eigenvalue weighted by Crippen LogP contribution is 2.22. The van der Waals surface area contributed by atoms with Gasteiger partial charge >= 0.3 is 0 Å². The molecule has 6 heteroatoms. The number of hydrogen-bond acceptors (Lipinski definition) is 2. The Balaban J connectivity index is 1.85. The molecule has 3 nitrogen and oxygen atoms in total. The normalized spacial score (nSPS) is 11.1. The lowest BCUT2D eigenvalue weighted by atomic mass is 10.1. The van der Waals surface area contributed by atoms with Crippen molar-refractivity contribution in [3.05, 3.63) is 99.7 Å². The third kappa shape index (κ3) is 5.00. The molecule has 1 aromatic heterocycles. The van der Waals surface area contributed by atoms with Crippen molar-refractivity contribution in [2.75, 3.05) is 0 Å². The molecular formula is C21H16Cl2FNO2. The Hall–Kier alpha value is -2.56. The molecule has 1 heterocycles. The summed E-state index contributed by atoms with van der Waals surface area (Å²) < 4.78 is 19.5. The molecule has 0 fully saturated rings. The van der Waals surface area contributed by atoms with Crippen LogP contribution >= 0.6 is 23.2 Å². The second kappa shape index (κ2) is 8.89. The van der Waals surface area contributed by atoms with E-state index in [1.807, 2.05) is 12.1 Å². The molecule has 0 N–H and O–H groups in total. The monoisotopic (exact) mass is 403 g/mol. The van der Waals surface area contributed by atoms with Crippen LogP contribution in [-0.4, -0.2) is 10.8 Å². The Bertz CT molecular complexity index is 934. The van der Waals surface area contributed by atoms with Gasteiger partial charge in [-0.25, -0.2) is 4.39 Å². The summed E-state index contributed by atoms with van der Waals surface area (Å²) >= 11 is 12.2. The van der Waals surface area contributed by atoms with Crippen LogP contribution in [0.5, 0.6) is 0 Å². The highest BCUT2D eigenvalue weighted by atomic mass is 35.5. The summed E-state index contributed by atoms with van der Waals surface area (Å²) in [5.74, 6) is -0.192. The van der Waals surface area contributed by atoms with E-state index in [-0.39, 0.29) is 29.6 Å². The lowest BCUT2D eigenvalue weighted by molar-refractivity contribution is -0.127. The first-order valence-corrected chi connectivity index (χ1v) is 8.97. The molecule has 0 radical (unpaired) electrons. The van der Waals surface area contributed by atoms with E-state index in [0.717, 1.165) is 5.56 Å². The van der Waals surface area contributed by atoms with Gasteiger partial charge < -0.3 is 9.32 Å². The van der Waals surface area contributed by atoms with Crippen molar-refractivity contribution in [2.45, 2.75) is 13.1 Å². The minimum absolute atomic E-state index is 0.0118. The maximum absolute atomic E-state index is 14.2. The van der Waals surface area contributed by atoms with Crippen molar-refractivity contribution in [1.82, 2.24) is 4.90 Å². The second-order valence-corrected chi connectivity index (χ2v) is 6.64. The van der Waals surface area contributed by atoms with Gasteiger partial charge in [0.1, 0.15) is 11.6 Å². The van der Waals surface area contributed by atoms with E-state index in [9.17, 15) is 9.18 Å². The van der Waals surface area contributed by atoms with E-state index >= 15 is 0 Å². The Morgan fingerprint density at radius 1 is 1.00 bits per heavy atom. The second-order valence-electron chi connectivity index (χ2n) is 5.83. The van der Waals surface area contributed by atoms with Crippen LogP contribution in [0.25, 0.3) is 6.08 Å². The summed E-state index contributed by atoms with van der Waals surface area (Å²) in [5, 5.41) is 0.804. The number of nitrogens with zero attached hydrogens (tertiary/aromatic N) is 1. The quantitative estimate of drug-likeness (QED) is 0.475. The standard InChI is InChI=1S/C21H16Cl2FNO2/c22-18-7-2-1-5-15(18)10-11-21(26)25(13-16-6-4-12-27-16)14-17-19(23)8-3-9-20(17)24/h1-12H,13-14H2/b11-10+. The number of furan rings is 1. The van der Waals surface area contributed by atoms with Crippen molar-refractivity contribution in [3.63, 3.8) is 0 Å². The van der Waals surface area contributed by atoms with Gasteiger partial charge in [0.15, 0.2) is 0 Å². The number of carbonyl (C=O) groups excluding carboxylic acids is 1. The fourth-order valence-corrected chi connectivity index (χ4v) is 2.97. The molecule has 27 heavy (non-hydrogen) atoms. The average Bonchev–Trinajstić information content (AvgIpc) is 3.16. The lowest BCUT2D eigenvalue weighted by Gasteiger charge is -2.21. The van der Waals surface area contributed by atoms with E-state index in [4.69, 9.17) is 27.6 Å².